The van der Waals surface area contributed by atoms with Crippen molar-refractivity contribution in [3.63, 3.8) is 0 Å². The van der Waals surface area contributed by atoms with Gasteiger partial charge in [-0.25, -0.2) is 4.98 Å². The Kier molecular flexibility index (Phi) is 2.84. The number of pyridine rings is 1. The number of aromatic nitrogens is 3. The molecule has 2 rings (SSSR count). The van der Waals surface area contributed by atoms with Gasteiger partial charge in [0.05, 0.1) is 0 Å². The molecule has 4 heteroatoms. The van der Waals surface area contributed by atoms with E-state index in [0.29, 0.717) is 0 Å². The van der Waals surface area contributed by atoms with Gasteiger partial charge in [-0.1, -0.05) is 11.8 Å². The minimum absolute atomic E-state index is 0.938. The van der Waals surface area contributed by atoms with Gasteiger partial charge >= 0.3 is 0 Å². The molecule has 0 unspecified atom stereocenters. The topological polar surface area (TPSA) is 30.7 Å². The third-order valence-corrected chi connectivity index (χ3v) is 3.02. The highest BCUT2D eigenvalue weighted by molar-refractivity contribution is 7.98. The van der Waals surface area contributed by atoms with Crippen molar-refractivity contribution in [1.29, 1.82) is 0 Å². The third kappa shape index (κ3) is 2.14. The minimum Gasteiger partial charge on any atom is -0.329 e. The molecular weight excluding hydrogens is 194 g/mol. The zero-order valence-electron chi connectivity index (χ0n) is 7.92. The molecule has 0 saturated heterocycles. The Morgan fingerprint density at radius 2 is 2.07 bits per heavy atom. The summed E-state index contributed by atoms with van der Waals surface area (Å²) in [6.45, 7) is 0. The van der Waals surface area contributed by atoms with Gasteiger partial charge in [-0.05, 0) is 17.7 Å². The van der Waals surface area contributed by atoms with E-state index in [1.165, 1.54) is 5.56 Å². The van der Waals surface area contributed by atoms with Crippen LogP contribution in [0.3, 0.4) is 0 Å². The first-order valence-electron chi connectivity index (χ1n) is 4.35. The van der Waals surface area contributed by atoms with Crippen molar-refractivity contribution in [2.24, 2.45) is 7.05 Å². The number of imidazole rings is 1. The third-order valence-electron chi connectivity index (χ3n) is 1.89. The van der Waals surface area contributed by atoms with Crippen LogP contribution in [0.5, 0.6) is 0 Å². The molecule has 2 aromatic rings. The Balaban J connectivity index is 1.99. The monoisotopic (exact) mass is 205 g/mol. The molecule has 3 nitrogen and oxygen atoms in total. The van der Waals surface area contributed by atoms with Gasteiger partial charge in [0.15, 0.2) is 5.16 Å². The Bertz CT molecular complexity index is 397. The smallest absolute Gasteiger partial charge is 0.167 e. The van der Waals surface area contributed by atoms with E-state index in [-0.39, 0.29) is 0 Å². The summed E-state index contributed by atoms with van der Waals surface area (Å²) in [7, 11) is 2.00. The largest absolute Gasteiger partial charge is 0.329 e. The number of aryl methyl sites for hydroxylation is 1. The maximum absolute atomic E-state index is 4.24. The van der Waals surface area contributed by atoms with Crippen LogP contribution < -0.4 is 0 Å². The van der Waals surface area contributed by atoms with Crippen molar-refractivity contribution in [2.75, 3.05) is 0 Å². The number of rotatable bonds is 3. The lowest BCUT2D eigenvalue weighted by molar-refractivity contribution is 0.790. The summed E-state index contributed by atoms with van der Waals surface area (Å²) in [4.78, 5) is 8.22. The SMILES string of the molecule is Cn1ccnc1SCc1ccncc1. The summed E-state index contributed by atoms with van der Waals surface area (Å²) < 4.78 is 2.02. The van der Waals surface area contributed by atoms with Crippen molar-refractivity contribution >= 4 is 11.8 Å². The highest BCUT2D eigenvalue weighted by Gasteiger charge is 1.99. The van der Waals surface area contributed by atoms with E-state index in [1.807, 2.05) is 48.5 Å². The van der Waals surface area contributed by atoms with Crippen LogP contribution in [0.1, 0.15) is 5.56 Å². The normalized spacial score (nSPS) is 10.4. The van der Waals surface area contributed by atoms with E-state index in [4.69, 9.17) is 0 Å². The fourth-order valence-electron chi connectivity index (χ4n) is 1.12. The first-order valence-corrected chi connectivity index (χ1v) is 5.34. The molecule has 0 aromatic carbocycles. The fourth-order valence-corrected chi connectivity index (χ4v) is 2.01. The standard InChI is InChI=1S/C10H11N3S/c1-13-7-6-12-10(13)14-8-9-2-4-11-5-3-9/h2-7H,8H2,1H3. The van der Waals surface area contributed by atoms with Crippen LogP contribution in [0.25, 0.3) is 0 Å². The second kappa shape index (κ2) is 4.28. The molecule has 72 valence electrons. The summed E-state index contributed by atoms with van der Waals surface area (Å²) in [5.74, 6) is 0.938. The van der Waals surface area contributed by atoms with E-state index in [1.54, 1.807) is 11.8 Å². The lowest BCUT2D eigenvalue weighted by Crippen LogP contribution is -1.89. The van der Waals surface area contributed by atoms with Crippen molar-refractivity contribution in [2.45, 2.75) is 10.9 Å². The van der Waals surface area contributed by atoms with Crippen molar-refractivity contribution < 1.29 is 0 Å². The van der Waals surface area contributed by atoms with Crippen molar-refractivity contribution in [3.8, 4) is 0 Å². The molecule has 0 saturated carbocycles. The average Bonchev–Trinajstić information content (AvgIpc) is 2.63. The highest BCUT2D eigenvalue weighted by Crippen LogP contribution is 2.19. The predicted molar refractivity (Wildman–Crippen MR) is 57.0 cm³/mol. The molecule has 0 N–H and O–H groups in total. The molecule has 0 aliphatic heterocycles. The number of hydrogen-bond donors (Lipinski definition) is 0. The van der Waals surface area contributed by atoms with Crippen LogP contribution in [0.15, 0.2) is 42.1 Å². The van der Waals surface area contributed by atoms with Gasteiger partial charge in [0.2, 0.25) is 0 Å². The van der Waals surface area contributed by atoms with Crippen LogP contribution >= 0.6 is 11.8 Å². The summed E-state index contributed by atoms with van der Waals surface area (Å²) in [6, 6.07) is 4.05. The lowest BCUT2D eigenvalue weighted by atomic mass is 10.3. The average molecular weight is 205 g/mol. The quantitative estimate of drug-likeness (QED) is 0.719. The molecule has 0 aliphatic rings. The van der Waals surface area contributed by atoms with Gasteiger partial charge in [-0.15, -0.1) is 0 Å². The molecule has 0 radical (unpaired) electrons. The van der Waals surface area contributed by atoms with Crippen LogP contribution in [-0.4, -0.2) is 14.5 Å². The van der Waals surface area contributed by atoms with Gasteiger partial charge in [-0.2, -0.15) is 0 Å². The Morgan fingerprint density at radius 1 is 1.29 bits per heavy atom. The molecule has 14 heavy (non-hydrogen) atoms. The molecule has 0 bridgehead atoms. The Morgan fingerprint density at radius 3 is 2.71 bits per heavy atom. The molecule has 2 aromatic heterocycles. The molecule has 0 aliphatic carbocycles. The zero-order valence-corrected chi connectivity index (χ0v) is 8.74. The minimum atomic E-state index is 0.938. The van der Waals surface area contributed by atoms with Gasteiger partial charge < -0.3 is 4.57 Å². The fraction of sp³-hybridized carbons (Fsp3) is 0.200. The Labute approximate surface area is 87.2 Å². The van der Waals surface area contributed by atoms with E-state index in [9.17, 15) is 0 Å². The van der Waals surface area contributed by atoms with Crippen LogP contribution in [-0.2, 0) is 12.8 Å². The molecule has 2 heterocycles. The summed E-state index contributed by atoms with van der Waals surface area (Å²) in [6.07, 6.45) is 7.40. The van der Waals surface area contributed by atoms with E-state index < -0.39 is 0 Å². The predicted octanol–water partition coefficient (Wildman–Crippen LogP) is 2.11. The number of nitrogens with zero attached hydrogens (tertiary/aromatic N) is 3. The van der Waals surface area contributed by atoms with E-state index in [0.717, 1.165) is 10.9 Å². The molecular formula is C10H11N3S. The first kappa shape index (κ1) is 9.27. The molecule has 0 spiro atoms. The van der Waals surface area contributed by atoms with Gasteiger partial charge in [0.1, 0.15) is 0 Å². The Hall–Kier alpha value is -1.29. The van der Waals surface area contributed by atoms with E-state index in [2.05, 4.69) is 9.97 Å². The van der Waals surface area contributed by atoms with Crippen molar-refractivity contribution in [3.05, 3.63) is 42.5 Å². The maximum atomic E-state index is 4.24. The van der Waals surface area contributed by atoms with Crippen LogP contribution in [0.2, 0.25) is 0 Å². The van der Waals surface area contributed by atoms with Gasteiger partial charge in [0, 0.05) is 37.6 Å². The highest BCUT2D eigenvalue weighted by atomic mass is 32.2. The number of thioether (sulfide) groups is 1. The second-order valence-electron chi connectivity index (χ2n) is 2.96. The number of hydrogen-bond acceptors (Lipinski definition) is 3. The summed E-state index contributed by atoms with van der Waals surface area (Å²) >= 11 is 1.73. The lowest BCUT2D eigenvalue weighted by Gasteiger charge is -2.00. The maximum Gasteiger partial charge on any atom is 0.167 e. The molecule has 0 amide bonds. The van der Waals surface area contributed by atoms with Gasteiger partial charge in [-0.3, -0.25) is 4.98 Å². The van der Waals surface area contributed by atoms with Crippen molar-refractivity contribution in [1.82, 2.24) is 14.5 Å². The van der Waals surface area contributed by atoms with Crippen LogP contribution in [0, 0.1) is 0 Å². The van der Waals surface area contributed by atoms with Gasteiger partial charge in [0.25, 0.3) is 0 Å². The first-order chi connectivity index (χ1) is 6.86. The van der Waals surface area contributed by atoms with E-state index >= 15 is 0 Å². The summed E-state index contributed by atoms with van der Waals surface area (Å²) in [5.41, 5.74) is 1.27. The summed E-state index contributed by atoms with van der Waals surface area (Å²) in [5, 5.41) is 1.04. The van der Waals surface area contributed by atoms with Crippen LogP contribution in [0.4, 0.5) is 0 Å². The molecule has 0 atom stereocenters. The molecule has 0 fully saturated rings. The second-order valence-corrected chi connectivity index (χ2v) is 3.91. The zero-order chi connectivity index (χ0) is 9.80.